The number of aryl methyl sites for hydroxylation is 1. The van der Waals surface area contributed by atoms with Gasteiger partial charge in [-0.3, -0.25) is 18.7 Å². The van der Waals surface area contributed by atoms with Crippen LogP contribution < -0.4 is 14.9 Å². The average Bonchev–Trinajstić information content (AvgIpc) is 3.75. The lowest BCUT2D eigenvalue weighted by Gasteiger charge is -2.27. The molecule has 0 bridgehead atoms. The number of carbonyl (C=O) groups excluding carboxylic acids is 2. The van der Waals surface area contributed by atoms with E-state index in [2.05, 4.69) is 42.2 Å². The van der Waals surface area contributed by atoms with Gasteiger partial charge in [0.1, 0.15) is 40.9 Å². The van der Waals surface area contributed by atoms with E-state index >= 15 is 8.78 Å². The van der Waals surface area contributed by atoms with Crippen LogP contribution in [0.15, 0.2) is 42.5 Å². The first-order chi connectivity index (χ1) is 34.6. The van der Waals surface area contributed by atoms with E-state index in [-0.39, 0.29) is 48.0 Å². The van der Waals surface area contributed by atoms with Gasteiger partial charge in [-0.15, -0.1) is 0 Å². The van der Waals surface area contributed by atoms with Gasteiger partial charge < -0.3 is 20.4 Å². The lowest BCUT2D eigenvalue weighted by Crippen LogP contribution is -2.48. The highest BCUT2D eigenvalue weighted by Gasteiger charge is 2.68. The second kappa shape index (κ2) is 19.4. The molecule has 0 spiro atoms. The van der Waals surface area contributed by atoms with Crippen LogP contribution in [0, 0.1) is 36.3 Å². The van der Waals surface area contributed by atoms with E-state index < -0.39 is 163 Å². The van der Waals surface area contributed by atoms with Gasteiger partial charge in [-0.05, 0) is 94.7 Å². The molecule has 1 fully saturated rings. The summed E-state index contributed by atoms with van der Waals surface area (Å²) in [6.45, 7) is 1.81. The molecule has 7 rings (SSSR count). The molecule has 4 N–H and O–H groups in total. The molecule has 3 aromatic heterocycles. The lowest BCUT2D eigenvalue weighted by molar-refractivity contribution is -0.143. The fourth-order valence-corrected chi connectivity index (χ4v) is 10.5. The fourth-order valence-electron chi connectivity index (χ4n) is 8.71. The van der Waals surface area contributed by atoms with E-state index in [1.54, 1.807) is 0 Å². The lowest BCUT2D eigenvalue weighted by atomic mass is 9.92. The summed E-state index contributed by atoms with van der Waals surface area (Å²) in [7, 11) is -14.1. The first kappa shape index (κ1) is 57.6. The first-order valence-electron chi connectivity index (χ1n) is 22.2. The van der Waals surface area contributed by atoms with Crippen molar-refractivity contribution in [2.24, 2.45) is 5.92 Å². The van der Waals surface area contributed by atoms with Crippen LogP contribution in [0.25, 0.3) is 22.0 Å². The summed E-state index contributed by atoms with van der Waals surface area (Å²) in [6, 6.07) is 3.34. The average molecular weight is 1140 g/mol. The minimum atomic E-state index is -5.24. The van der Waals surface area contributed by atoms with Crippen molar-refractivity contribution in [3.05, 3.63) is 93.6 Å². The molecule has 0 unspecified atom stereocenters. The van der Waals surface area contributed by atoms with Crippen molar-refractivity contribution in [3.8, 4) is 23.0 Å². The zero-order valence-electron chi connectivity index (χ0n) is 40.7. The highest BCUT2D eigenvalue weighted by Crippen LogP contribution is 2.68. The quantitative estimate of drug-likeness (QED) is 0.0457. The van der Waals surface area contributed by atoms with Gasteiger partial charge >= 0.3 is 26.2 Å². The molecule has 1 saturated carbocycles. The summed E-state index contributed by atoms with van der Waals surface area (Å²) in [5, 5.41) is 11.4. The van der Waals surface area contributed by atoms with Gasteiger partial charge in [-0.25, -0.2) is 40.0 Å². The van der Waals surface area contributed by atoms with Crippen LogP contribution in [0.1, 0.15) is 85.5 Å². The second-order valence-corrected chi connectivity index (χ2v) is 24.9. The SMILES string of the molecule is Cc1ccc(-c2ccc(C#CC(C)(C)S(C)(=O)=O)nc2[C@H](Cc2cc(F)cc(F)c2)NC(=O)Cn2nc(C(F)(F)F)c3c2C(F)(F)[C@@H]2C[C@H]32)c2c1c(N(C(=O)NCC(C)(C)OP(=O)(O)O)S(C)(=O)=O)nn2CC(F)(F)F. The molecule has 2 aliphatic rings. The predicted molar refractivity (Wildman–Crippen MR) is 250 cm³/mol. The van der Waals surface area contributed by atoms with Crippen LogP contribution in [-0.2, 0) is 65.4 Å². The molecule has 3 atom stereocenters. The fraction of sp³-hybridized carbons (Fsp3) is 0.444. The van der Waals surface area contributed by atoms with Gasteiger partial charge in [0.25, 0.3) is 5.92 Å². The Kier molecular flexibility index (Phi) is 14.7. The summed E-state index contributed by atoms with van der Waals surface area (Å²) < 4.78 is 215. The number of alkyl halides is 8. The molecule has 76 heavy (non-hydrogen) atoms. The molecule has 412 valence electrons. The Hall–Kier alpha value is -6.12. The maximum Gasteiger partial charge on any atom is 0.470 e. The molecule has 0 aliphatic heterocycles. The van der Waals surface area contributed by atoms with Crippen LogP contribution in [0.4, 0.5) is 54.5 Å². The van der Waals surface area contributed by atoms with Gasteiger partial charge in [0, 0.05) is 46.9 Å². The number of fused-ring (bicyclic) bond motifs is 4. The number of phosphoric acid groups is 1. The van der Waals surface area contributed by atoms with Crippen molar-refractivity contribution < 1.29 is 89.2 Å². The number of pyridine rings is 1. The van der Waals surface area contributed by atoms with Gasteiger partial charge in [0.2, 0.25) is 15.9 Å². The number of carbonyl (C=O) groups is 2. The largest absolute Gasteiger partial charge is 0.470 e. The molecule has 31 heteroatoms. The van der Waals surface area contributed by atoms with E-state index in [0.29, 0.717) is 12.3 Å². The first-order valence-corrected chi connectivity index (χ1v) is 27.5. The Balaban J connectivity index is 1.47. The van der Waals surface area contributed by atoms with E-state index in [1.165, 1.54) is 32.9 Å². The smallest absolute Gasteiger partial charge is 0.346 e. The standard InChI is InChI=1S/C45H45F10N8O10PS2/c1-22-8-10-28(36-33(22)39(60-62(36)21-43(48,49)50)63(76(7,71)72)40(65)56-20-41(2,3)73-74(66,67)68)27-11-9-26(12-13-42(4,5)75(6,69)70)57-35(27)31(16-23-14-24(46)17-25(47)15-23)58-32(64)19-61-38-34(37(59-61)45(53,54)55)29-18-30(29)44(38,51)52/h8-11,14-15,17,29-31H,16,18-21H2,1-7H3,(H,56,65)(H,58,64)(H2,66,67,68)/t29-,30+,31-/m0/s1. The Morgan fingerprint density at radius 1 is 0.947 bits per heavy atom. The Morgan fingerprint density at radius 2 is 1.57 bits per heavy atom. The summed E-state index contributed by atoms with van der Waals surface area (Å²) in [5.74, 6) is -6.13. The number of nitrogens with zero attached hydrogens (tertiary/aromatic N) is 6. The van der Waals surface area contributed by atoms with Gasteiger partial charge in [-0.2, -0.15) is 49.6 Å². The maximum absolute atomic E-state index is 15.6. The molecule has 2 aromatic carbocycles. The number of aromatic nitrogens is 5. The van der Waals surface area contributed by atoms with Gasteiger partial charge in [-0.1, -0.05) is 18.1 Å². The van der Waals surface area contributed by atoms with E-state index in [0.717, 1.165) is 44.4 Å². The van der Waals surface area contributed by atoms with Crippen molar-refractivity contribution >= 4 is 56.3 Å². The number of sulfone groups is 1. The molecule has 18 nitrogen and oxygen atoms in total. The number of hydrogen-bond donors (Lipinski definition) is 4. The zero-order valence-corrected chi connectivity index (χ0v) is 43.2. The van der Waals surface area contributed by atoms with E-state index in [9.17, 15) is 75.9 Å². The molecule has 2 aliphatic carbocycles. The van der Waals surface area contributed by atoms with Crippen LogP contribution >= 0.6 is 7.82 Å². The maximum atomic E-state index is 15.6. The number of urea groups is 1. The highest BCUT2D eigenvalue weighted by atomic mass is 32.2. The normalized spacial score (nSPS) is 17.1. The summed E-state index contributed by atoms with van der Waals surface area (Å²) in [4.78, 5) is 51.3. The molecule has 5 aromatic rings. The number of hydrogen-bond acceptors (Lipinski definition) is 11. The molecule has 0 saturated heterocycles. The molecule has 3 heterocycles. The van der Waals surface area contributed by atoms with Crippen LogP contribution in [0.2, 0.25) is 0 Å². The number of benzene rings is 2. The molecular formula is C45H45F10N8O10PS2. The van der Waals surface area contributed by atoms with Crippen molar-refractivity contribution in [2.75, 3.05) is 23.4 Å². The third-order valence-corrected chi connectivity index (χ3v) is 16.0. The number of halogens is 10. The summed E-state index contributed by atoms with van der Waals surface area (Å²) >= 11 is 0. The third-order valence-electron chi connectivity index (χ3n) is 12.3. The number of anilines is 1. The van der Waals surface area contributed by atoms with E-state index in [1.807, 2.05) is 0 Å². The Bertz CT molecular complexity index is 3530. The van der Waals surface area contributed by atoms with Crippen molar-refractivity contribution in [1.29, 1.82) is 0 Å². The predicted octanol–water partition coefficient (Wildman–Crippen LogP) is 7.31. The minimum Gasteiger partial charge on any atom is -0.346 e. The zero-order chi connectivity index (χ0) is 56.8. The number of phosphoric ester groups is 1. The van der Waals surface area contributed by atoms with Gasteiger partial charge in [0.05, 0.1) is 29.1 Å². The van der Waals surface area contributed by atoms with E-state index in [4.69, 9.17) is 0 Å². The van der Waals surface area contributed by atoms with Crippen molar-refractivity contribution in [1.82, 2.24) is 35.2 Å². The second-order valence-electron chi connectivity index (χ2n) is 19.4. The van der Waals surface area contributed by atoms with Crippen LogP contribution in [0.3, 0.4) is 0 Å². The van der Waals surface area contributed by atoms with Crippen molar-refractivity contribution in [2.45, 2.75) is 101 Å². The van der Waals surface area contributed by atoms with Gasteiger partial charge in [0.15, 0.2) is 21.3 Å². The molecular weight excluding hydrogens is 1100 g/mol. The molecule has 3 amide bonds. The van der Waals surface area contributed by atoms with Crippen LogP contribution in [0.5, 0.6) is 0 Å². The Labute approximate surface area is 426 Å². The Morgan fingerprint density at radius 3 is 2.13 bits per heavy atom. The molecule has 0 radical (unpaired) electrons. The van der Waals surface area contributed by atoms with Crippen molar-refractivity contribution in [3.63, 3.8) is 0 Å². The minimum absolute atomic E-state index is 0.0291. The summed E-state index contributed by atoms with van der Waals surface area (Å²) in [6.07, 6.45) is -10.1. The number of amides is 3. The number of sulfonamides is 1. The monoisotopic (exact) mass is 1140 g/mol. The third kappa shape index (κ3) is 12.2. The summed E-state index contributed by atoms with van der Waals surface area (Å²) in [5.41, 5.74) is -7.86. The number of nitrogens with one attached hydrogen (secondary N) is 2. The number of rotatable bonds is 15. The van der Waals surface area contributed by atoms with Crippen LogP contribution in [-0.4, -0.2) is 98.7 Å². The topological polar surface area (TPSA) is 245 Å². The highest BCUT2D eigenvalue weighted by molar-refractivity contribution is 7.93.